The molecule has 300 valence electrons. The molecule has 0 aliphatic carbocycles. The molecular formula is C41H49N9O6S. The smallest absolute Gasteiger partial charge is 0.328 e. The van der Waals surface area contributed by atoms with E-state index in [1.165, 1.54) is 13.4 Å². The monoisotopic (exact) mass is 795 g/mol. The lowest BCUT2D eigenvalue weighted by Gasteiger charge is -2.47. The second-order valence-electron chi connectivity index (χ2n) is 14.7. The van der Waals surface area contributed by atoms with Gasteiger partial charge in [0.05, 0.1) is 47.1 Å². The first-order chi connectivity index (χ1) is 27.5. The maximum atomic E-state index is 12.5. The molecule has 3 aliphatic rings. The molecule has 16 heteroatoms. The lowest BCUT2D eigenvalue weighted by atomic mass is 9.89. The Bertz CT molecular complexity index is 2270. The first-order valence-corrected chi connectivity index (χ1v) is 20.7. The number of carbonyl (C=O) groups excluding carboxylic acids is 2. The highest BCUT2D eigenvalue weighted by Gasteiger charge is 2.39. The van der Waals surface area contributed by atoms with Crippen molar-refractivity contribution < 1.29 is 27.5 Å². The molecular weight excluding hydrogens is 747 g/mol. The molecule has 57 heavy (non-hydrogen) atoms. The van der Waals surface area contributed by atoms with Crippen molar-refractivity contribution in [3.8, 4) is 17.6 Å². The van der Waals surface area contributed by atoms with Gasteiger partial charge < -0.3 is 24.6 Å². The summed E-state index contributed by atoms with van der Waals surface area (Å²) in [6.07, 6.45) is 4.61. The highest BCUT2D eigenvalue weighted by molar-refractivity contribution is 7.89. The number of anilines is 4. The van der Waals surface area contributed by atoms with Crippen LogP contribution < -0.4 is 29.9 Å². The van der Waals surface area contributed by atoms with Gasteiger partial charge >= 0.3 is 6.03 Å². The fourth-order valence-electron chi connectivity index (χ4n) is 7.46. The highest BCUT2D eigenvalue weighted by Crippen LogP contribution is 2.33. The van der Waals surface area contributed by atoms with Crippen molar-refractivity contribution in [3.63, 3.8) is 0 Å². The van der Waals surface area contributed by atoms with Crippen LogP contribution in [0.3, 0.4) is 0 Å². The third-order valence-corrected chi connectivity index (χ3v) is 12.1. The number of nitrogens with one attached hydrogen (secondary N) is 3. The number of ether oxygens (including phenoxy) is 2. The number of benzene rings is 3. The molecule has 4 aromatic rings. The number of rotatable bonds is 12. The van der Waals surface area contributed by atoms with E-state index in [9.17, 15) is 18.0 Å². The predicted octanol–water partition coefficient (Wildman–Crippen LogP) is 3.78. The van der Waals surface area contributed by atoms with Crippen LogP contribution in [0.1, 0.15) is 31.2 Å². The van der Waals surface area contributed by atoms with Gasteiger partial charge in [-0.25, -0.2) is 27.9 Å². The Morgan fingerprint density at radius 2 is 1.79 bits per heavy atom. The maximum absolute atomic E-state index is 12.5. The number of carbonyl (C=O) groups is 2. The average molecular weight is 796 g/mol. The third kappa shape index (κ3) is 9.63. The number of sulfonamides is 1. The topological polar surface area (TPSA) is 162 Å². The summed E-state index contributed by atoms with van der Waals surface area (Å²) in [5.41, 5.74) is 3.61. The Kier molecular flexibility index (Phi) is 12.2. The molecule has 0 atom stereocenters. The average Bonchev–Trinajstić information content (AvgIpc) is 3.20. The molecule has 4 heterocycles. The fraction of sp³-hybridized carbons (Fsp3) is 0.415. The van der Waals surface area contributed by atoms with E-state index in [1.54, 1.807) is 23.1 Å². The molecule has 0 saturated carbocycles. The second-order valence-corrected chi connectivity index (χ2v) is 16.6. The maximum Gasteiger partial charge on any atom is 0.328 e. The Hall–Kier alpha value is -5.31. The number of nitrogens with zero attached hydrogens (tertiary/aromatic N) is 6. The first kappa shape index (κ1) is 39.9. The van der Waals surface area contributed by atoms with Crippen LogP contribution in [0.4, 0.5) is 27.7 Å². The molecule has 3 N–H and O–H groups in total. The number of imide groups is 1. The molecule has 7 rings (SSSR count). The third-order valence-electron chi connectivity index (χ3n) is 10.6. The molecule has 0 bridgehead atoms. The zero-order valence-corrected chi connectivity index (χ0v) is 33.4. The normalized spacial score (nSPS) is 17.6. The molecule has 1 aromatic heterocycles. The Labute approximate surface area is 333 Å². The highest BCUT2D eigenvalue weighted by atomic mass is 32.2. The van der Waals surface area contributed by atoms with Crippen molar-refractivity contribution >= 4 is 55.7 Å². The van der Waals surface area contributed by atoms with Gasteiger partial charge in [0.2, 0.25) is 15.9 Å². The van der Waals surface area contributed by atoms with Gasteiger partial charge in [-0.3, -0.25) is 19.9 Å². The Morgan fingerprint density at radius 1 is 0.982 bits per heavy atom. The summed E-state index contributed by atoms with van der Waals surface area (Å²) in [7, 11) is 1.54. The molecule has 0 radical (unpaired) electrons. The van der Waals surface area contributed by atoms with Crippen LogP contribution in [0.15, 0.2) is 71.9 Å². The number of aromatic nitrogens is 2. The van der Waals surface area contributed by atoms with Crippen LogP contribution in [0.25, 0.3) is 10.9 Å². The molecule has 3 amide bonds. The standard InChI is InChI=1S/C41H49N9O6S/c1-42-57(53,54)33-12-14-37(47(2)3)36(27-33)45-39-34-13-11-32(26-35(34)43-29-44-39)55-24-5-19-48-21-16-41(17-22-48)28-49(23-25-56-41)18-4-6-30-7-9-31(10-8-30)50-20-15-38(51)46-40(50)52/h7-14,26-27,29,42H,5,15-25,28H2,1-3H3,(H,43,44,45)(H,46,51,52). The minimum Gasteiger partial charge on any atom is -0.493 e. The zero-order chi connectivity index (χ0) is 40.0. The van der Waals surface area contributed by atoms with Crippen LogP contribution in [0.5, 0.6) is 5.75 Å². The molecule has 3 aliphatic heterocycles. The summed E-state index contributed by atoms with van der Waals surface area (Å²) in [6.45, 7) is 6.90. The summed E-state index contributed by atoms with van der Waals surface area (Å²) in [5.74, 6) is 7.62. The van der Waals surface area contributed by atoms with Gasteiger partial charge in [-0.05, 0) is 80.9 Å². The number of hydrogen-bond acceptors (Lipinski definition) is 12. The first-order valence-electron chi connectivity index (χ1n) is 19.2. The summed E-state index contributed by atoms with van der Waals surface area (Å²) in [4.78, 5) is 41.0. The Balaban J connectivity index is 0.862. The van der Waals surface area contributed by atoms with Gasteiger partial charge in [-0.2, -0.15) is 0 Å². The predicted molar refractivity (Wildman–Crippen MR) is 220 cm³/mol. The van der Waals surface area contributed by atoms with Crippen LogP contribution in [0.2, 0.25) is 0 Å². The van der Waals surface area contributed by atoms with E-state index in [-0.39, 0.29) is 16.4 Å². The summed E-state index contributed by atoms with van der Waals surface area (Å²) < 4.78 is 39.9. The van der Waals surface area contributed by atoms with Crippen molar-refractivity contribution in [1.29, 1.82) is 0 Å². The van der Waals surface area contributed by atoms with E-state index >= 15 is 0 Å². The number of hydrogen-bond donors (Lipinski definition) is 3. The van der Waals surface area contributed by atoms with Gasteiger partial charge in [0.15, 0.2) is 0 Å². The van der Waals surface area contributed by atoms with Gasteiger partial charge in [0, 0.05) is 82.5 Å². The van der Waals surface area contributed by atoms with E-state index in [2.05, 4.69) is 47.0 Å². The van der Waals surface area contributed by atoms with Gasteiger partial charge in [0.1, 0.15) is 17.9 Å². The summed E-state index contributed by atoms with van der Waals surface area (Å²) >= 11 is 0. The van der Waals surface area contributed by atoms with E-state index in [1.807, 2.05) is 61.5 Å². The van der Waals surface area contributed by atoms with Crippen LogP contribution in [-0.2, 0) is 19.6 Å². The second kappa shape index (κ2) is 17.5. The van der Waals surface area contributed by atoms with Crippen molar-refractivity contribution in [1.82, 2.24) is 29.8 Å². The molecule has 3 aromatic carbocycles. The molecule has 15 nitrogen and oxygen atoms in total. The van der Waals surface area contributed by atoms with Crippen LogP contribution >= 0.6 is 0 Å². The van der Waals surface area contributed by atoms with E-state index < -0.39 is 16.1 Å². The van der Waals surface area contributed by atoms with E-state index in [0.717, 1.165) is 80.1 Å². The number of fused-ring (bicyclic) bond motifs is 1. The SMILES string of the molecule is CNS(=O)(=O)c1ccc(N(C)C)c(Nc2ncnc3cc(OCCCN4CCC5(CC4)CN(CC#Cc4ccc(N6CCC(=O)NC6=O)cc4)CCO5)ccc23)c1. The number of urea groups is 1. The zero-order valence-electron chi connectivity index (χ0n) is 32.6. The number of amides is 3. The van der Waals surface area contributed by atoms with Crippen LogP contribution in [0, 0.1) is 11.8 Å². The summed E-state index contributed by atoms with van der Waals surface area (Å²) in [6, 6.07) is 17.8. The van der Waals surface area contributed by atoms with E-state index in [0.29, 0.717) is 49.7 Å². The minimum atomic E-state index is -3.63. The van der Waals surface area contributed by atoms with Gasteiger partial charge in [-0.15, -0.1) is 0 Å². The fourth-order valence-corrected chi connectivity index (χ4v) is 8.21. The lowest BCUT2D eigenvalue weighted by Crippen LogP contribution is -2.56. The van der Waals surface area contributed by atoms with Crippen molar-refractivity contribution in [2.24, 2.45) is 0 Å². The van der Waals surface area contributed by atoms with E-state index in [4.69, 9.17) is 9.47 Å². The number of likely N-dealkylation sites (tertiary alicyclic amines) is 1. The molecule has 3 fully saturated rings. The number of piperidine rings is 1. The molecule has 0 unspecified atom stereocenters. The van der Waals surface area contributed by atoms with Crippen molar-refractivity contribution in [3.05, 3.63) is 72.6 Å². The summed E-state index contributed by atoms with van der Waals surface area (Å²) in [5, 5.41) is 6.46. The minimum absolute atomic E-state index is 0.146. The van der Waals surface area contributed by atoms with Crippen LogP contribution in [-0.4, -0.2) is 126 Å². The lowest BCUT2D eigenvalue weighted by molar-refractivity contribution is -0.133. The number of morpholine rings is 1. The van der Waals surface area contributed by atoms with Crippen molar-refractivity contribution in [2.45, 2.75) is 36.2 Å². The quantitative estimate of drug-likeness (QED) is 0.141. The van der Waals surface area contributed by atoms with Gasteiger partial charge in [-0.1, -0.05) is 11.8 Å². The molecule has 3 saturated heterocycles. The van der Waals surface area contributed by atoms with Gasteiger partial charge in [0.25, 0.3) is 0 Å². The van der Waals surface area contributed by atoms with Crippen molar-refractivity contribution in [2.75, 3.05) is 95.3 Å². The Morgan fingerprint density at radius 3 is 2.54 bits per heavy atom. The largest absolute Gasteiger partial charge is 0.493 e. The molecule has 1 spiro atoms.